The van der Waals surface area contributed by atoms with E-state index < -0.39 is 16.8 Å². The van der Waals surface area contributed by atoms with Gasteiger partial charge in [0, 0.05) is 39.4 Å². The first-order chi connectivity index (χ1) is 15.8. The maximum atomic E-state index is 12.2. The third-order valence-corrected chi connectivity index (χ3v) is 4.68. The van der Waals surface area contributed by atoms with E-state index in [0.29, 0.717) is 15.6 Å². The first-order valence-corrected chi connectivity index (χ1v) is 10.1. The lowest BCUT2D eigenvalue weighted by atomic mass is 10.2. The van der Waals surface area contributed by atoms with Crippen molar-refractivity contribution in [2.24, 2.45) is 5.10 Å². The van der Waals surface area contributed by atoms with Gasteiger partial charge in [-0.3, -0.25) is 14.9 Å². The van der Waals surface area contributed by atoms with Gasteiger partial charge in [-0.15, -0.1) is 0 Å². The van der Waals surface area contributed by atoms with Crippen LogP contribution in [-0.4, -0.2) is 23.0 Å². The molecule has 0 bridgehead atoms. The van der Waals surface area contributed by atoms with Gasteiger partial charge in [-0.1, -0.05) is 35.3 Å². The molecule has 33 heavy (non-hydrogen) atoms. The molecule has 0 fully saturated rings. The largest absolute Gasteiger partial charge is 0.423 e. The predicted molar refractivity (Wildman–Crippen MR) is 126 cm³/mol. The molecule has 0 aliphatic rings. The van der Waals surface area contributed by atoms with Crippen LogP contribution in [0.5, 0.6) is 5.75 Å². The van der Waals surface area contributed by atoms with Crippen LogP contribution in [-0.2, 0) is 4.79 Å². The van der Waals surface area contributed by atoms with Crippen molar-refractivity contribution in [1.29, 1.82) is 0 Å². The second-order valence-electron chi connectivity index (χ2n) is 6.49. The van der Waals surface area contributed by atoms with Crippen LogP contribution in [0.2, 0.25) is 10.0 Å². The van der Waals surface area contributed by atoms with E-state index in [2.05, 4.69) is 10.5 Å². The van der Waals surface area contributed by atoms with Crippen LogP contribution in [0, 0.1) is 10.1 Å². The van der Waals surface area contributed by atoms with Crippen molar-refractivity contribution in [3.63, 3.8) is 0 Å². The first-order valence-electron chi connectivity index (χ1n) is 9.35. The molecule has 3 aromatic carbocycles. The number of ether oxygens (including phenoxy) is 1. The van der Waals surface area contributed by atoms with Crippen molar-refractivity contribution in [2.75, 3.05) is 0 Å². The Morgan fingerprint density at radius 1 is 0.970 bits per heavy atom. The number of nitrogens with one attached hydrogen (secondary N) is 1. The number of halogens is 2. The molecule has 0 aliphatic heterocycles. The second kappa shape index (κ2) is 11.0. The Kier molecular flexibility index (Phi) is 7.91. The molecule has 0 heterocycles. The molecule has 0 saturated carbocycles. The van der Waals surface area contributed by atoms with Crippen LogP contribution in [0.25, 0.3) is 6.08 Å². The van der Waals surface area contributed by atoms with Gasteiger partial charge in [0.1, 0.15) is 5.75 Å². The van der Waals surface area contributed by atoms with Gasteiger partial charge in [-0.2, -0.15) is 5.10 Å². The SMILES string of the molecule is O=C(/C=C/c1ccc(Cl)cc1)Oc1ccc([N+](=O)[O-])cc1/C=N/NC(=O)c1ccc(Cl)cc1. The number of benzene rings is 3. The minimum atomic E-state index is -0.710. The Labute approximate surface area is 198 Å². The fourth-order valence-electron chi connectivity index (χ4n) is 2.55. The molecule has 166 valence electrons. The van der Waals surface area contributed by atoms with Gasteiger partial charge in [-0.05, 0) is 54.1 Å². The van der Waals surface area contributed by atoms with E-state index in [0.717, 1.165) is 11.8 Å². The number of non-ortho nitro benzene ring substituents is 1. The van der Waals surface area contributed by atoms with Crippen molar-refractivity contribution >= 4 is 53.1 Å². The van der Waals surface area contributed by atoms with Crippen molar-refractivity contribution in [3.05, 3.63) is 110 Å². The summed E-state index contributed by atoms with van der Waals surface area (Å²) in [5.41, 5.74) is 3.22. The van der Waals surface area contributed by atoms with Gasteiger partial charge in [0.15, 0.2) is 0 Å². The maximum absolute atomic E-state index is 12.2. The van der Waals surface area contributed by atoms with Gasteiger partial charge in [0.2, 0.25) is 0 Å². The number of hydrogen-bond donors (Lipinski definition) is 1. The molecule has 0 atom stereocenters. The monoisotopic (exact) mass is 483 g/mol. The second-order valence-corrected chi connectivity index (χ2v) is 7.36. The number of esters is 1. The number of hydrazone groups is 1. The highest BCUT2D eigenvalue weighted by Crippen LogP contribution is 2.23. The van der Waals surface area contributed by atoms with E-state index in [1.807, 2.05) is 0 Å². The van der Waals surface area contributed by atoms with Crippen LogP contribution < -0.4 is 10.2 Å². The lowest BCUT2D eigenvalue weighted by Gasteiger charge is -2.06. The summed E-state index contributed by atoms with van der Waals surface area (Å²) in [5, 5.41) is 16.0. The molecular formula is C23H15Cl2N3O5. The summed E-state index contributed by atoms with van der Waals surface area (Å²) in [6, 6.07) is 16.6. The molecule has 3 rings (SSSR count). The normalized spacial score (nSPS) is 11.0. The van der Waals surface area contributed by atoms with Gasteiger partial charge < -0.3 is 4.74 Å². The maximum Gasteiger partial charge on any atom is 0.336 e. The molecule has 0 aliphatic carbocycles. The zero-order valence-corrected chi connectivity index (χ0v) is 18.3. The summed E-state index contributed by atoms with van der Waals surface area (Å²) < 4.78 is 5.29. The lowest BCUT2D eigenvalue weighted by Crippen LogP contribution is -2.17. The van der Waals surface area contributed by atoms with E-state index in [9.17, 15) is 19.7 Å². The Morgan fingerprint density at radius 3 is 2.24 bits per heavy atom. The van der Waals surface area contributed by atoms with Crippen LogP contribution in [0.4, 0.5) is 5.69 Å². The van der Waals surface area contributed by atoms with E-state index in [4.69, 9.17) is 27.9 Å². The molecule has 0 spiro atoms. The highest BCUT2D eigenvalue weighted by atomic mass is 35.5. The molecule has 0 unspecified atom stereocenters. The smallest absolute Gasteiger partial charge is 0.336 e. The van der Waals surface area contributed by atoms with E-state index in [-0.39, 0.29) is 17.0 Å². The number of nitro groups is 1. The fourth-order valence-corrected chi connectivity index (χ4v) is 2.80. The van der Waals surface area contributed by atoms with E-state index >= 15 is 0 Å². The zero-order chi connectivity index (χ0) is 23.8. The zero-order valence-electron chi connectivity index (χ0n) is 16.8. The molecule has 10 heteroatoms. The van der Waals surface area contributed by atoms with Crippen molar-refractivity contribution in [3.8, 4) is 5.75 Å². The Hall–Kier alpha value is -4.01. The summed E-state index contributed by atoms with van der Waals surface area (Å²) in [6.07, 6.45) is 3.88. The number of amides is 1. The minimum absolute atomic E-state index is 0.0239. The molecule has 1 amide bonds. The Morgan fingerprint density at radius 2 is 1.61 bits per heavy atom. The average molecular weight is 484 g/mol. The standard InChI is InChI=1S/C23H15Cl2N3O5/c24-18-6-1-15(2-7-18)3-12-22(29)33-21-11-10-20(28(31)32)13-17(21)14-26-27-23(30)16-4-8-19(25)9-5-16/h1-14H,(H,27,30)/b12-3+,26-14+. The number of carbonyl (C=O) groups excluding carboxylic acids is 2. The predicted octanol–water partition coefficient (Wildman–Crippen LogP) is 5.28. The van der Waals surface area contributed by atoms with E-state index in [1.54, 1.807) is 36.4 Å². The molecule has 0 saturated heterocycles. The van der Waals surface area contributed by atoms with Gasteiger partial charge >= 0.3 is 5.97 Å². The van der Waals surface area contributed by atoms with Gasteiger partial charge in [0.05, 0.1) is 11.1 Å². The van der Waals surface area contributed by atoms with Crippen molar-refractivity contribution < 1.29 is 19.2 Å². The van der Waals surface area contributed by atoms with Crippen LogP contribution in [0.1, 0.15) is 21.5 Å². The quantitative estimate of drug-likeness (QED) is 0.122. The molecule has 3 aromatic rings. The highest BCUT2D eigenvalue weighted by Gasteiger charge is 2.13. The van der Waals surface area contributed by atoms with Crippen LogP contribution in [0.15, 0.2) is 77.9 Å². The summed E-state index contributed by atoms with van der Waals surface area (Å²) in [6.45, 7) is 0. The summed E-state index contributed by atoms with van der Waals surface area (Å²) in [7, 11) is 0. The van der Waals surface area contributed by atoms with Gasteiger partial charge in [0.25, 0.3) is 11.6 Å². The third-order valence-electron chi connectivity index (χ3n) is 4.17. The fraction of sp³-hybridized carbons (Fsp3) is 0. The molecule has 8 nitrogen and oxygen atoms in total. The third kappa shape index (κ3) is 6.99. The number of carbonyl (C=O) groups is 2. The molecule has 0 radical (unpaired) electrons. The molecule has 1 N–H and O–H groups in total. The lowest BCUT2D eigenvalue weighted by molar-refractivity contribution is -0.384. The van der Waals surface area contributed by atoms with E-state index in [1.165, 1.54) is 42.5 Å². The highest BCUT2D eigenvalue weighted by molar-refractivity contribution is 6.30. The van der Waals surface area contributed by atoms with Crippen LogP contribution in [0.3, 0.4) is 0 Å². The first kappa shape index (κ1) is 23.6. The minimum Gasteiger partial charge on any atom is -0.423 e. The number of rotatable bonds is 7. The number of nitro benzene ring substituents is 1. The molecular weight excluding hydrogens is 469 g/mol. The Bertz CT molecular complexity index is 1240. The van der Waals surface area contributed by atoms with Crippen molar-refractivity contribution in [2.45, 2.75) is 0 Å². The summed E-state index contributed by atoms with van der Waals surface area (Å²) in [5.74, 6) is -1.20. The number of hydrogen-bond acceptors (Lipinski definition) is 6. The average Bonchev–Trinajstić information content (AvgIpc) is 2.80. The summed E-state index contributed by atoms with van der Waals surface area (Å²) >= 11 is 11.6. The Balaban J connectivity index is 1.74. The number of nitrogens with zero attached hydrogens (tertiary/aromatic N) is 2. The van der Waals surface area contributed by atoms with Crippen LogP contribution >= 0.6 is 23.2 Å². The molecule has 0 aromatic heterocycles. The topological polar surface area (TPSA) is 111 Å². The van der Waals surface area contributed by atoms with Gasteiger partial charge in [-0.25, -0.2) is 10.2 Å². The summed E-state index contributed by atoms with van der Waals surface area (Å²) in [4.78, 5) is 34.9. The van der Waals surface area contributed by atoms with Crippen molar-refractivity contribution in [1.82, 2.24) is 5.43 Å².